The Morgan fingerprint density at radius 1 is 1.47 bits per heavy atom. The van der Waals surface area contributed by atoms with E-state index in [2.05, 4.69) is 22.0 Å². The van der Waals surface area contributed by atoms with E-state index in [4.69, 9.17) is 23.2 Å². The van der Waals surface area contributed by atoms with Gasteiger partial charge in [-0.25, -0.2) is 4.39 Å². The number of amides is 2. The average molecular weight is 510 g/mol. The molecule has 1 heterocycles. The molecule has 1 aliphatic rings. The molecule has 0 aromatic carbocycles. The summed E-state index contributed by atoms with van der Waals surface area (Å²) >= 11 is 12.3. The van der Waals surface area contributed by atoms with Crippen molar-refractivity contribution >= 4 is 46.8 Å². The first-order chi connectivity index (χ1) is 16.2. The number of carbonyl (C=O) groups is 2. The number of nitrogens with one attached hydrogen (secondary N) is 1. The summed E-state index contributed by atoms with van der Waals surface area (Å²) in [4.78, 5) is 29.9. The number of carbonyl (C=O) groups excluding carboxylic acids is 2. The zero-order valence-corrected chi connectivity index (χ0v) is 21.2. The molecule has 0 radical (unpaired) electrons. The molecule has 1 aromatic rings. The molecular weight excluding hydrogens is 480 g/mol. The fraction of sp³-hybridized carbons (Fsp3) is 0.417. The second kappa shape index (κ2) is 13.2. The molecule has 1 unspecified atom stereocenters. The van der Waals surface area contributed by atoms with E-state index in [1.54, 1.807) is 29.9 Å². The lowest BCUT2D eigenvalue weighted by atomic mass is 10.0. The molecule has 1 aromatic heterocycles. The number of rotatable bonds is 9. The Kier molecular flexibility index (Phi) is 10.7. The third kappa shape index (κ3) is 7.67. The number of aliphatic imine (C=N–C) groups is 1. The van der Waals surface area contributed by atoms with Crippen LogP contribution in [0.2, 0.25) is 0 Å². The van der Waals surface area contributed by atoms with E-state index >= 15 is 0 Å². The lowest BCUT2D eigenvalue weighted by Crippen LogP contribution is -2.40. The first kappa shape index (κ1) is 27.5. The Labute approximate surface area is 209 Å². The summed E-state index contributed by atoms with van der Waals surface area (Å²) in [7, 11) is 1.61. The van der Waals surface area contributed by atoms with Crippen molar-refractivity contribution in [2.24, 2.45) is 4.99 Å². The third-order valence-electron chi connectivity index (χ3n) is 5.17. The van der Waals surface area contributed by atoms with Crippen molar-refractivity contribution in [1.82, 2.24) is 20.0 Å². The van der Waals surface area contributed by atoms with Crippen LogP contribution in [-0.2, 0) is 4.79 Å². The molecule has 2 amide bonds. The summed E-state index contributed by atoms with van der Waals surface area (Å²) in [6.07, 6.45) is 7.77. The van der Waals surface area contributed by atoms with Crippen molar-refractivity contribution in [3.05, 3.63) is 58.7 Å². The summed E-state index contributed by atoms with van der Waals surface area (Å²) in [5, 5.41) is 7.61. The Balaban J connectivity index is 2.53. The SMILES string of the molecule is C=C(/C=C(/Cl)C=NC)c1cc(C(=O)N(CC)CNC(C)=O)nn1C1/C=C(/CCl)C/C(F)=C\CC1. The first-order valence-electron chi connectivity index (χ1n) is 10.9. The Morgan fingerprint density at radius 3 is 2.82 bits per heavy atom. The van der Waals surface area contributed by atoms with E-state index in [-0.39, 0.29) is 48.3 Å². The largest absolute Gasteiger partial charge is 0.339 e. The van der Waals surface area contributed by atoms with E-state index in [0.29, 0.717) is 35.7 Å². The molecule has 0 bridgehead atoms. The maximum Gasteiger partial charge on any atom is 0.275 e. The molecule has 10 heteroatoms. The number of allylic oxidation sites excluding steroid dienone is 7. The van der Waals surface area contributed by atoms with Crippen molar-refractivity contribution in [2.45, 2.75) is 39.2 Å². The van der Waals surface area contributed by atoms with E-state index < -0.39 is 0 Å². The fourth-order valence-corrected chi connectivity index (χ4v) is 3.90. The third-order valence-corrected chi connectivity index (χ3v) is 5.72. The van der Waals surface area contributed by atoms with E-state index in [9.17, 15) is 14.0 Å². The van der Waals surface area contributed by atoms with E-state index in [1.807, 2.05) is 13.0 Å². The van der Waals surface area contributed by atoms with E-state index in [0.717, 1.165) is 5.57 Å². The Bertz CT molecular complexity index is 1040. The minimum atomic E-state index is -0.340. The lowest BCUT2D eigenvalue weighted by Gasteiger charge is -2.21. The van der Waals surface area contributed by atoms with Crippen molar-refractivity contribution < 1.29 is 14.0 Å². The number of aromatic nitrogens is 2. The standard InChI is InChI=1S/C24H30Cl2FN5O2/c1-5-31(15-29-17(3)33)24(34)22-12-23(16(2)9-19(26)14-28-4)32(30-22)21-8-6-7-20(27)10-18(11-21)13-25/h7,9,11-12,14,21H,2,5-6,8,10,13,15H2,1,3-4H3,(H,29,33)/b18-11+,19-9+,20-7+,28-14?. The summed E-state index contributed by atoms with van der Waals surface area (Å²) in [6, 6.07) is 1.37. The number of hydrogen-bond acceptors (Lipinski definition) is 4. The van der Waals surface area contributed by atoms with Gasteiger partial charge in [-0.05, 0) is 37.5 Å². The average Bonchev–Trinajstić information content (AvgIpc) is 3.21. The van der Waals surface area contributed by atoms with Gasteiger partial charge in [0.1, 0.15) is 5.83 Å². The molecule has 1 aliphatic carbocycles. The normalized spacial score (nSPS) is 20.1. The van der Waals surface area contributed by atoms with Gasteiger partial charge < -0.3 is 10.2 Å². The summed E-state index contributed by atoms with van der Waals surface area (Å²) in [5.74, 6) is -0.610. The number of nitrogens with zero attached hydrogens (tertiary/aromatic N) is 4. The molecule has 1 N–H and O–H groups in total. The minimum absolute atomic E-state index is 0.0658. The molecule has 7 nitrogen and oxygen atoms in total. The molecular formula is C24H30Cl2FN5O2. The van der Waals surface area contributed by atoms with Gasteiger partial charge >= 0.3 is 0 Å². The topological polar surface area (TPSA) is 79.6 Å². The highest BCUT2D eigenvalue weighted by Gasteiger charge is 2.24. The number of halogens is 3. The van der Waals surface area contributed by atoms with Crippen LogP contribution < -0.4 is 5.32 Å². The van der Waals surface area contributed by atoms with Crippen LogP contribution in [0.4, 0.5) is 4.39 Å². The predicted molar refractivity (Wildman–Crippen MR) is 136 cm³/mol. The van der Waals surface area contributed by atoms with Gasteiger partial charge in [-0.1, -0.05) is 35.9 Å². The Morgan fingerprint density at radius 2 is 2.21 bits per heavy atom. The van der Waals surface area contributed by atoms with Crippen LogP contribution in [-0.4, -0.2) is 58.9 Å². The maximum atomic E-state index is 14.0. The predicted octanol–water partition coefficient (Wildman–Crippen LogP) is 5.02. The van der Waals surface area contributed by atoms with Crippen molar-refractivity contribution in [3.8, 4) is 0 Å². The van der Waals surface area contributed by atoms with Gasteiger partial charge in [-0.2, -0.15) is 5.10 Å². The van der Waals surface area contributed by atoms with Gasteiger partial charge in [0.15, 0.2) is 5.69 Å². The molecule has 2 rings (SSSR count). The number of hydrogen-bond donors (Lipinski definition) is 1. The molecule has 0 saturated carbocycles. The Hall–Kier alpha value is -2.71. The van der Waals surface area contributed by atoms with Crippen LogP contribution in [0.1, 0.15) is 55.3 Å². The highest BCUT2D eigenvalue weighted by molar-refractivity contribution is 6.39. The summed E-state index contributed by atoms with van der Waals surface area (Å²) in [6.45, 7) is 7.75. The molecule has 34 heavy (non-hydrogen) atoms. The quantitative estimate of drug-likeness (QED) is 0.167. The van der Waals surface area contributed by atoms with Crippen LogP contribution in [0.5, 0.6) is 0 Å². The van der Waals surface area contributed by atoms with Gasteiger partial charge in [0, 0.05) is 39.0 Å². The van der Waals surface area contributed by atoms with Gasteiger partial charge in [0.2, 0.25) is 5.91 Å². The molecule has 0 spiro atoms. The highest BCUT2D eigenvalue weighted by Crippen LogP contribution is 2.30. The van der Waals surface area contributed by atoms with Crippen LogP contribution >= 0.6 is 23.2 Å². The van der Waals surface area contributed by atoms with Gasteiger partial charge in [-0.3, -0.25) is 19.3 Å². The van der Waals surface area contributed by atoms with E-state index in [1.165, 1.54) is 18.0 Å². The molecule has 1 atom stereocenters. The maximum absolute atomic E-state index is 14.0. The van der Waals surface area contributed by atoms with Crippen LogP contribution in [0.3, 0.4) is 0 Å². The monoisotopic (exact) mass is 509 g/mol. The van der Waals surface area contributed by atoms with Gasteiger partial charge in [-0.15, -0.1) is 11.6 Å². The van der Waals surface area contributed by atoms with Crippen LogP contribution in [0, 0.1) is 0 Å². The zero-order chi connectivity index (χ0) is 25.3. The number of alkyl halides is 1. The van der Waals surface area contributed by atoms with Crippen molar-refractivity contribution in [1.29, 1.82) is 0 Å². The van der Waals surface area contributed by atoms with Gasteiger partial charge in [0.05, 0.1) is 23.4 Å². The lowest BCUT2D eigenvalue weighted by molar-refractivity contribution is -0.119. The summed E-state index contributed by atoms with van der Waals surface area (Å²) in [5.41, 5.74) is 2.04. The zero-order valence-electron chi connectivity index (χ0n) is 19.7. The molecule has 184 valence electrons. The van der Waals surface area contributed by atoms with Gasteiger partial charge in [0.25, 0.3) is 5.91 Å². The minimum Gasteiger partial charge on any atom is -0.339 e. The second-order valence-electron chi connectivity index (χ2n) is 7.78. The van der Waals surface area contributed by atoms with Crippen molar-refractivity contribution in [2.75, 3.05) is 26.1 Å². The molecule has 0 saturated heterocycles. The van der Waals surface area contributed by atoms with Crippen LogP contribution in [0.25, 0.3) is 5.57 Å². The first-order valence-corrected chi connectivity index (χ1v) is 11.8. The fourth-order valence-electron chi connectivity index (χ4n) is 3.49. The van der Waals surface area contributed by atoms with Crippen molar-refractivity contribution in [3.63, 3.8) is 0 Å². The molecule has 0 fully saturated rings. The van der Waals surface area contributed by atoms with Crippen LogP contribution in [0.15, 0.2) is 52.3 Å². The highest BCUT2D eigenvalue weighted by atomic mass is 35.5. The smallest absolute Gasteiger partial charge is 0.275 e. The second-order valence-corrected chi connectivity index (χ2v) is 8.49. The molecule has 0 aliphatic heterocycles. The summed E-state index contributed by atoms with van der Waals surface area (Å²) < 4.78 is 15.7.